The number of nitrogens with zero attached hydrogens (tertiary/aromatic N) is 3. The molecule has 2 N–H and O–H groups in total. The van der Waals surface area contributed by atoms with E-state index >= 15 is 0 Å². The average Bonchev–Trinajstić information content (AvgIpc) is 3.29. The monoisotopic (exact) mass is 294 g/mol. The second kappa shape index (κ2) is 7.56. The van der Waals surface area contributed by atoms with E-state index in [4.69, 9.17) is 4.74 Å². The first-order chi connectivity index (χ1) is 10.1. The van der Waals surface area contributed by atoms with E-state index in [1.165, 1.54) is 12.8 Å². The lowest BCUT2D eigenvalue weighted by molar-refractivity contribution is 0.0694. The van der Waals surface area contributed by atoms with Crippen LogP contribution in [0.2, 0.25) is 0 Å². The Balaban J connectivity index is 2.10. The van der Waals surface area contributed by atoms with Crippen molar-refractivity contribution >= 4 is 11.6 Å². The lowest BCUT2D eigenvalue weighted by Crippen LogP contribution is -2.32. The first-order valence-electron chi connectivity index (χ1n) is 7.65. The number of anilines is 2. The van der Waals surface area contributed by atoms with E-state index in [9.17, 15) is 5.11 Å². The fourth-order valence-corrected chi connectivity index (χ4v) is 2.17. The summed E-state index contributed by atoms with van der Waals surface area (Å²) in [6, 6.07) is 1.95. The van der Waals surface area contributed by atoms with Crippen molar-refractivity contribution in [1.29, 1.82) is 0 Å². The van der Waals surface area contributed by atoms with Gasteiger partial charge in [-0.15, -0.1) is 0 Å². The number of rotatable bonds is 9. The highest BCUT2D eigenvalue weighted by atomic mass is 16.5. The van der Waals surface area contributed by atoms with Gasteiger partial charge < -0.3 is 20.1 Å². The van der Waals surface area contributed by atoms with Crippen LogP contribution in [0.25, 0.3) is 0 Å². The SMILES string of the molecule is CCCNc1cc(N(C)CC(O)COC)nc(C2CC2)n1. The van der Waals surface area contributed by atoms with Crippen LogP contribution < -0.4 is 10.2 Å². The molecule has 6 nitrogen and oxygen atoms in total. The van der Waals surface area contributed by atoms with E-state index in [1.54, 1.807) is 7.11 Å². The summed E-state index contributed by atoms with van der Waals surface area (Å²) in [5.41, 5.74) is 0. The Morgan fingerprint density at radius 3 is 2.86 bits per heavy atom. The molecule has 1 saturated carbocycles. The molecule has 1 atom stereocenters. The van der Waals surface area contributed by atoms with Crippen molar-refractivity contribution in [1.82, 2.24) is 9.97 Å². The van der Waals surface area contributed by atoms with Crippen LogP contribution >= 0.6 is 0 Å². The number of likely N-dealkylation sites (N-methyl/N-ethyl adjacent to an activating group) is 1. The number of hydrogen-bond acceptors (Lipinski definition) is 6. The van der Waals surface area contributed by atoms with Gasteiger partial charge in [-0.1, -0.05) is 6.92 Å². The van der Waals surface area contributed by atoms with E-state index in [0.29, 0.717) is 19.1 Å². The number of hydrogen-bond donors (Lipinski definition) is 2. The molecule has 0 aliphatic heterocycles. The van der Waals surface area contributed by atoms with E-state index in [-0.39, 0.29) is 0 Å². The summed E-state index contributed by atoms with van der Waals surface area (Å²) in [6.07, 6.45) is 2.88. The molecule has 1 heterocycles. The molecule has 0 amide bonds. The zero-order chi connectivity index (χ0) is 15.2. The molecule has 1 fully saturated rings. The Morgan fingerprint density at radius 2 is 2.24 bits per heavy atom. The predicted molar refractivity (Wildman–Crippen MR) is 83.9 cm³/mol. The van der Waals surface area contributed by atoms with Gasteiger partial charge in [0, 0.05) is 39.2 Å². The molecule has 1 unspecified atom stereocenters. The zero-order valence-electron chi connectivity index (χ0n) is 13.2. The second-order valence-electron chi connectivity index (χ2n) is 5.66. The van der Waals surface area contributed by atoms with E-state index < -0.39 is 6.10 Å². The van der Waals surface area contributed by atoms with Crippen molar-refractivity contribution in [2.45, 2.75) is 38.2 Å². The minimum atomic E-state index is -0.522. The maximum absolute atomic E-state index is 9.86. The molecule has 0 spiro atoms. The Hall–Kier alpha value is -1.40. The highest BCUT2D eigenvalue weighted by Crippen LogP contribution is 2.39. The van der Waals surface area contributed by atoms with Gasteiger partial charge in [-0.05, 0) is 19.3 Å². The van der Waals surface area contributed by atoms with Gasteiger partial charge in [-0.3, -0.25) is 0 Å². The molecule has 0 aromatic carbocycles. The summed E-state index contributed by atoms with van der Waals surface area (Å²) in [6.45, 7) is 3.84. The van der Waals surface area contributed by atoms with Crippen LogP contribution in [0.15, 0.2) is 6.07 Å². The second-order valence-corrected chi connectivity index (χ2v) is 5.66. The third-order valence-electron chi connectivity index (χ3n) is 3.46. The van der Waals surface area contributed by atoms with Gasteiger partial charge in [0.2, 0.25) is 0 Å². The van der Waals surface area contributed by atoms with Gasteiger partial charge in [0.05, 0.1) is 12.7 Å². The van der Waals surface area contributed by atoms with Gasteiger partial charge in [-0.25, -0.2) is 9.97 Å². The van der Waals surface area contributed by atoms with Crippen LogP contribution in [0, 0.1) is 0 Å². The average molecular weight is 294 g/mol. The lowest BCUT2D eigenvalue weighted by atomic mass is 10.3. The van der Waals surface area contributed by atoms with Gasteiger partial charge in [0.15, 0.2) is 0 Å². The first kappa shape index (κ1) is 16.0. The van der Waals surface area contributed by atoms with Crippen LogP contribution in [0.5, 0.6) is 0 Å². The number of nitrogens with one attached hydrogen (secondary N) is 1. The maximum Gasteiger partial charge on any atom is 0.136 e. The molecule has 118 valence electrons. The minimum absolute atomic E-state index is 0.325. The minimum Gasteiger partial charge on any atom is -0.389 e. The van der Waals surface area contributed by atoms with Crippen molar-refractivity contribution < 1.29 is 9.84 Å². The molecular formula is C15H26N4O2. The quantitative estimate of drug-likeness (QED) is 0.721. The van der Waals surface area contributed by atoms with Crippen LogP contribution in [0.1, 0.15) is 37.9 Å². The van der Waals surface area contributed by atoms with Gasteiger partial charge in [0.25, 0.3) is 0 Å². The number of aromatic nitrogens is 2. The largest absolute Gasteiger partial charge is 0.389 e. The normalized spacial score (nSPS) is 15.8. The van der Waals surface area contributed by atoms with Crippen molar-refractivity contribution in [2.24, 2.45) is 0 Å². The van der Waals surface area contributed by atoms with Crippen molar-refractivity contribution in [3.05, 3.63) is 11.9 Å². The van der Waals surface area contributed by atoms with Crippen LogP contribution in [0.3, 0.4) is 0 Å². The highest BCUT2D eigenvalue weighted by molar-refractivity contribution is 5.49. The molecule has 1 aromatic rings. The molecule has 21 heavy (non-hydrogen) atoms. The Kier molecular flexibility index (Phi) is 5.76. The molecule has 0 bridgehead atoms. The molecular weight excluding hydrogens is 268 g/mol. The van der Waals surface area contributed by atoms with E-state index in [2.05, 4.69) is 22.2 Å². The van der Waals surface area contributed by atoms with Crippen LogP contribution in [-0.4, -0.2) is 55.0 Å². The molecule has 2 rings (SSSR count). The summed E-state index contributed by atoms with van der Waals surface area (Å²) in [5, 5.41) is 13.2. The van der Waals surface area contributed by atoms with Crippen molar-refractivity contribution in [2.75, 3.05) is 44.1 Å². The van der Waals surface area contributed by atoms with E-state index in [0.717, 1.165) is 30.4 Å². The molecule has 0 radical (unpaired) electrons. The summed E-state index contributed by atoms with van der Waals surface area (Å²) < 4.78 is 4.97. The number of ether oxygens (including phenoxy) is 1. The van der Waals surface area contributed by atoms with Gasteiger partial charge in [0.1, 0.15) is 17.5 Å². The fraction of sp³-hybridized carbons (Fsp3) is 0.733. The predicted octanol–water partition coefficient (Wildman–Crippen LogP) is 1.62. The summed E-state index contributed by atoms with van der Waals surface area (Å²) in [5.74, 6) is 3.14. The Labute approximate surface area is 126 Å². The Bertz CT molecular complexity index is 451. The zero-order valence-corrected chi connectivity index (χ0v) is 13.2. The third kappa shape index (κ3) is 4.82. The summed E-state index contributed by atoms with van der Waals surface area (Å²) >= 11 is 0. The third-order valence-corrected chi connectivity index (χ3v) is 3.46. The van der Waals surface area contributed by atoms with E-state index in [1.807, 2.05) is 18.0 Å². The summed E-state index contributed by atoms with van der Waals surface area (Å²) in [7, 11) is 3.52. The van der Waals surface area contributed by atoms with Crippen LogP contribution in [0.4, 0.5) is 11.6 Å². The smallest absolute Gasteiger partial charge is 0.136 e. The number of aliphatic hydroxyl groups is 1. The molecule has 0 saturated heterocycles. The highest BCUT2D eigenvalue weighted by Gasteiger charge is 2.27. The molecule has 1 aliphatic carbocycles. The lowest BCUT2D eigenvalue weighted by Gasteiger charge is -2.22. The first-order valence-corrected chi connectivity index (χ1v) is 7.65. The molecule has 1 aromatic heterocycles. The van der Waals surface area contributed by atoms with Gasteiger partial charge >= 0.3 is 0 Å². The maximum atomic E-state index is 9.86. The topological polar surface area (TPSA) is 70.5 Å². The standard InChI is InChI=1S/C15H26N4O2/c1-4-7-16-13-8-14(18-15(17-13)11-5-6-11)19(2)9-12(20)10-21-3/h8,11-12,20H,4-7,9-10H2,1-3H3,(H,16,17,18). The molecule has 6 heteroatoms. The van der Waals surface area contributed by atoms with Crippen molar-refractivity contribution in [3.63, 3.8) is 0 Å². The number of aliphatic hydroxyl groups excluding tert-OH is 1. The molecule has 1 aliphatic rings. The van der Waals surface area contributed by atoms with Crippen LogP contribution in [-0.2, 0) is 4.74 Å². The summed E-state index contributed by atoms with van der Waals surface area (Å²) in [4.78, 5) is 11.2. The fourth-order valence-electron chi connectivity index (χ4n) is 2.17. The Morgan fingerprint density at radius 1 is 1.48 bits per heavy atom. The van der Waals surface area contributed by atoms with Crippen molar-refractivity contribution in [3.8, 4) is 0 Å². The van der Waals surface area contributed by atoms with Gasteiger partial charge in [-0.2, -0.15) is 0 Å². The number of methoxy groups -OCH3 is 1.